The van der Waals surface area contributed by atoms with Crippen LogP contribution in [0.5, 0.6) is 11.5 Å². The van der Waals surface area contributed by atoms with E-state index in [2.05, 4.69) is 15.7 Å². The first-order chi connectivity index (χ1) is 23.9. The molecule has 6 N–H and O–H groups in total. The molecule has 18 heteroatoms. The average molecular weight is 708 g/mol. The Bertz CT molecular complexity index is 2110. The number of aromatic hydroxyl groups is 1. The maximum absolute atomic E-state index is 15.4. The van der Waals surface area contributed by atoms with Crippen LogP contribution >= 0.6 is 11.0 Å². The highest BCUT2D eigenvalue weighted by atomic mass is 32.3. The number of ether oxygens (including phenoxy) is 1. The molecule has 0 saturated carbocycles. The van der Waals surface area contributed by atoms with Gasteiger partial charge in [0.05, 0.1) is 12.7 Å². The fourth-order valence-corrected chi connectivity index (χ4v) is 7.42. The van der Waals surface area contributed by atoms with E-state index in [1.165, 1.54) is 29.2 Å². The first-order valence-electron chi connectivity index (χ1n) is 15.4. The minimum atomic E-state index is -3.85. The molecule has 0 radical (unpaired) electrons. The van der Waals surface area contributed by atoms with Crippen molar-refractivity contribution in [3.63, 3.8) is 0 Å². The summed E-state index contributed by atoms with van der Waals surface area (Å²) in [5, 5.41) is 20.1. The van der Waals surface area contributed by atoms with Gasteiger partial charge >= 0.3 is 0 Å². The molecule has 4 heterocycles. The van der Waals surface area contributed by atoms with E-state index in [0.29, 0.717) is 32.4 Å². The summed E-state index contributed by atoms with van der Waals surface area (Å²) in [4.78, 5) is 62.9. The SMILES string of the molecule is O=C1CCC(N2Cc3c(OCc4cnn(CCC(=O)Nc5ccc6c(F)c(N7CC(=O)NS7(O)O)c(O)cc6c5)c4)cccc3C2=O)C(=O)N1. The minimum absolute atomic E-state index is 0.0235. The summed E-state index contributed by atoms with van der Waals surface area (Å²) in [5.41, 5.74) is 1.59. The second kappa shape index (κ2) is 12.6. The maximum Gasteiger partial charge on any atom is 0.260 e. The number of nitrogens with zero attached hydrogens (tertiary/aromatic N) is 4. The van der Waals surface area contributed by atoms with Gasteiger partial charge in [0.25, 0.3) is 11.8 Å². The molecule has 16 nitrogen and oxygen atoms in total. The summed E-state index contributed by atoms with van der Waals surface area (Å²) in [6.07, 6.45) is 3.76. The number of hydrogen-bond acceptors (Lipinski definition) is 11. The van der Waals surface area contributed by atoms with Gasteiger partial charge in [-0.3, -0.25) is 43.1 Å². The Morgan fingerprint density at radius 2 is 1.92 bits per heavy atom. The van der Waals surface area contributed by atoms with Gasteiger partial charge in [-0.1, -0.05) is 6.07 Å². The number of imide groups is 1. The first-order valence-corrected chi connectivity index (χ1v) is 16.9. The number of nitrogens with one attached hydrogen (secondary N) is 3. The molecule has 50 heavy (non-hydrogen) atoms. The predicted molar refractivity (Wildman–Crippen MR) is 176 cm³/mol. The second-order valence-corrected chi connectivity index (χ2v) is 13.6. The molecule has 0 aliphatic carbocycles. The van der Waals surface area contributed by atoms with E-state index in [9.17, 15) is 38.2 Å². The highest BCUT2D eigenvalue weighted by Gasteiger charge is 2.40. The van der Waals surface area contributed by atoms with Gasteiger partial charge in [-0.2, -0.15) is 5.10 Å². The van der Waals surface area contributed by atoms with Gasteiger partial charge in [0, 0.05) is 53.3 Å². The van der Waals surface area contributed by atoms with Crippen LogP contribution in [0.25, 0.3) is 10.8 Å². The summed E-state index contributed by atoms with van der Waals surface area (Å²) in [6.45, 7) is -0.0295. The third-order valence-electron chi connectivity index (χ3n) is 8.60. The third kappa shape index (κ3) is 6.14. The molecular weight excluding hydrogens is 677 g/mol. The molecule has 4 aromatic rings. The number of carbonyl (C=O) groups excluding carboxylic acids is 5. The lowest BCUT2D eigenvalue weighted by Crippen LogP contribution is -2.52. The van der Waals surface area contributed by atoms with Crippen LogP contribution in [0.15, 0.2) is 54.9 Å². The molecule has 5 amide bonds. The number of rotatable bonds is 9. The number of phenolic OH excluding ortho intramolecular Hbond substituents is 1. The predicted octanol–water partition coefficient (Wildman–Crippen LogP) is 2.77. The number of amides is 5. The average Bonchev–Trinajstić information content (AvgIpc) is 3.73. The van der Waals surface area contributed by atoms with Crippen molar-refractivity contribution in [1.82, 2.24) is 24.7 Å². The highest BCUT2D eigenvalue weighted by Crippen LogP contribution is 2.50. The van der Waals surface area contributed by atoms with E-state index >= 15 is 4.39 Å². The molecule has 1 unspecified atom stereocenters. The van der Waals surface area contributed by atoms with Gasteiger partial charge in [-0.25, -0.2) is 13.4 Å². The smallest absolute Gasteiger partial charge is 0.260 e. The Labute approximate surface area is 284 Å². The van der Waals surface area contributed by atoms with Crippen LogP contribution in [0.4, 0.5) is 15.8 Å². The summed E-state index contributed by atoms with van der Waals surface area (Å²) in [7, 11) is -3.85. The van der Waals surface area contributed by atoms with Crippen LogP contribution in [-0.2, 0) is 38.9 Å². The molecule has 3 aliphatic heterocycles. The van der Waals surface area contributed by atoms with Gasteiger partial charge < -0.3 is 20.1 Å². The Morgan fingerprint density at radius 3 is 2.68 bits per heavy atom. The first kappa shape index (κ1) is 32.8. The van der Waals surface area contributed by atoms with Crippen molar-refractivity contribution in [2.75, 3.05) is 16.2 Å². The van der Waals surface area contributed by atoms with Crippen molar-refractivity contribution in [1.29, 1.82) is 0 Å². The number of hydrogen-bond donors (Lipinski definition) is 6. The number of carbonyl (C=O) groups is 5. The zero-order valence-corrected chi connectivity index (χ0v) is 26.9. The fourth-order valence-electron chi connectivity index (χ4n) is 6.22. The number of anilines is 2. The van der Waals surface area contributed by atoms with E-state index in [-0.39, 0.29) is 67.5 Å². The van der Waals surface area contributed by atoms with E-state index in [4.69, 9.17) is 4.74 Å². The number of piperidine rings is 1. The van der Waals surface area contributed by atoms with Crippen LogP contribution in [0.1, 0.15) is 40.7 Å². The van der Waals surface area contributed by atoms with E-state index in [0.717, 1.165) is 0 Å². The fraction of sp³-hybridized carbons (Fsp3) is 0.250. The topological polar surface area (TPSA) is 216 Å². The molecular formula is C32H30FN7O9S. The summed E-state index contributed by atoms with van der Waals surface area (Å²) in [6, 6.07) is 9.84. The van der Waals surface area contributed by atoms with E-state index < -0.39 is 52.6 Å². The highest BCUT2D eigenvalue weighted by molar-refractivity contribution is 8.24. The molecule has 2 saturated heterocycles. The lowest BCUT2D eigenvalue weighted by atomic mass is 10.0. The van der Waals surface area contributed by atoms with Gasteiger partial charge in [-0.05, 0) is 59.2 Å². The van der Waals surface area contributed by atoms with Crippen molar-refractivity contribution in [2.45, 2.75) is 45.0 Å². The van der Waals surface area contributed by atoms with Crippen molar-refractivity contribution >= 4 is 62.6 Å². The van der Waals surface area contributed by atoms with Gasteiger partial charge in [0.2, 0.25) is 17.7 Å². The van der Waals surface area contributed by atoms with E-state index in [1.807, 2.05) is 4.72 Å². The normalized spacial score (nSPS) is 19.0. The quantitative estimate of drug-likeness (QED) is 0.139. The lowest BCUT2D eigenvalue weighted by Gasteiger charge is -2.36. The van der Waals surface area contributed by atoms with E-state index in [1.54, 1.807) is 35.3 Å². The summed E-state index contributed by atoms with van der Waals surface area (Å²) >= 11 is 0. The molecule has 260 valence electrons. The van der Waals surface area contributed by atoms with Crippen LogP contribution < -0.4 is 24.4 Å². The zero-order chi connectivity index (χ0) is 35.3. The van der Waals surface area contributed by atoms with Crippen molar-refractivity contribution in [2.24, 2.45) is 0 Å². The van der Waals surface area contributed by atoms with Gasteiger partial charge in [0.1, 0.15) is 36.4 Å². The number of fused-ring (bicyclic) bond motifs is 2. The molecule has 7 rings (SSSR count). The minimum Gasteiger partial charge on any atom is -0.506 e. The number of halogens is 1. The number of aromatic nitrogens is 2. The van der Waals surface area contributed by atoms with Crippen molar-refractivity contribution in [3.8, 4) is 11.5 Å². The Hall–Kier alpha value is -5.72. The molecule has 3 aliphatic rings. The summed E-state index contributed by atoms with van der Waals surface area (Å²) in [5.74, 6) is -3.35. The van der Waals surface area contributed by atoms with Crippen LogP contribution in [-0.4, -0.2) is 71.0 Å². The lowest BCUT2D eigenvalue weighted by molar-refractivity contribution is -0.137. The molecule has 0 spiro atoms. The Morgan fingerprint density at radius 1 is 1.10 bits per heavy atom. The van der Waals surface area contributed by atoms with Crippen LogP contribution in [0.3, 0.4) is 0 Å². The standard InChI is InChI=1S/C32H30FN7O9S/c33-29-20-5-4-19(10-18(20)11-24(41)30(29)40-15-28(44)37-50(40,47)48)35-27(43)8-9-38-13-17(12-34-38)16-49-25-3-1-2-21-22(25)14-39(32(21)46)23-6-7-26(42)36-31(23)45/h1-5,10-13,23,41,47-48H,6-9,14-16H2,(H,35,43)(H,37,44)(H,36,42,45). The van der Waals surface area contributed by atoms with Crippen molar-refractivity contribution < 1.29 is 47.3 Å². The Kier molecular flexibility index (Phi) is 8.28. The van der Waals surface area contributed by atoms with Crippen LogP contribution in [0.2, 0.25) is 0 Å². The number of phenols is 1. The monoisotopic (exact) mass is 707 g/mol. The molecule has 1 aromatic heterocycles. The van der Waals surface area contributed by atoms with Gasteiger partial charge in [0.15, 0.2) is 5.82 Å². The van der Waals surface area contributed by atoms with Gasteiger partial charge in [-0.15, -0.1) is 0 Å². The van der Waals surface area contributed by atoms with Crippen molar-refractivity contribution in [3.05, 3.63) is 77.4 Å². The summed E-state index contributed by atoms with van der Waals surface area (Å²) < 4.78 is 45.8. The third-order valence-corrected chi connectivity index (χ3v) is 10.0. The largest absolute Gasteiger partial charge is 0.506 e. The molecule has 2 fully saturated rings. The molecule has 1 atom stereocenters. The molecule has 0 bridgehead atoms. The number of aryl methyl sites for hydroxylation is 1. The van der Waals surface area contributed by atoms with Crippen LogP contribution in [0, 0.1) is 5.82 Å². The zero-order valence-electron chi connectivity index (χ0n) is 26.1. The number of benzene rings is 3. The maximum atomic E-state index is 15.4. The second-order valence-electron chi connectivity index (χ2n) is 12.0. The Balaban J connectivity index is 0.946. The molecule has 3 aromatic carbocycles.